The van der Waals surface area contributed by atoms with Crippen molar-refractivity contribution < 1.29 is 27.3 Å². The molecule has 0 bridgehead atoms. The molecule has 43 heavy (non-hydrogen) atoms. The standard InChI is InChI=1S/C32H40F3N4O3P/c1-31(2,21-23-39(3)30(36)37)28(40)38-22-13-14-24-43(25-15-7-4-8-16-25,26-17-9-5-10-18-26,27-19-11-6-12-20-27)42-29(41)32(33,34)35/h4-12,15-20H,13-14,21-24H2,1-3H3,(H3,36,37)(H,38,40). The van der Waals surface area contributed by atoms with E-state index in [0.29, 0.717) is 41.7 Å². The topological polar surface area (TPSA) is 109 Å². The quantitative estimate of drug-likeness (QED) is 0.112. The fourth-order valence-electron chi connectivity index (χ4n) is 5.16. The molecule has 0 aliphatic carbocycles. The van der Waals surface area contributed by atoms with Gasteiger partial charge in [0.15, 0.2) is 0 Å². The summed E-state index contributed by atoms with van der Waals surface area (Å²) in [4.78, 5) is 27.4. The van der Waals surface area contributed by atoms with Gasteiger partial charge in [-0.1, -0.05) is 0 Å². The number of carbonyl (C=O) groups excluding carboxylic acids is 2. The van der Waals surface area contributed by atoms with Crippen LogP contribution in [-0.4, -0.2) is 55.2 Å². The number of carbonyl (C=O) groups is 2. The first-order chi connectivity index (χ1) is 20.2. The van der Waals surface area contributed by atoms with Crippen molar-refractivity contribution in [3.63, 3.8) is 0 Å². The van der Waals surface area contributed by atoms with Gasteiger partial charge in [-0.05, 0) is 0 Å². The first-order valence-electron chi connectivity index (χ1n) is 14.1. The van der Waals surface area contributed by atoms with Gasteiger partial charge in [0.1, 0.15) is 0 Å². The molecule has 0 aromatic heterocycles. The van der Waals surface area contributed by atoms with Crippen molar-refractivity contribution in [2.24, 2.45) is 11.1 Å². The monoisotopic (exact) mass is 616 g/mol. The molecular formula is C32H40F3N4O3P. The van der Waals surface area contributed by atoms with E-state index in [9.17, 15) is 22.8 Å². The fourth-order valence-corrected chi connectivity index (χ4v) is 10.9. The number of guanidine groups is 1. The Balaban J connectivity index is 1.99. The number of nitrogens with one attached hydrogen (secondary N) is 2. The van der Waals surface area contributed by atoms with Crippen LogP contribution in [0.3, 0.4) is 0 Å². The zero-order valence-electron chi connectivity index (χ0n) is 24.7. The molecule has 0 unspecified atom stereocenters. The van der Waals surface area contributed by atoms with Gasteiger partial charge in [0.25, 0.3) is 0 Å². The number of nitrogens with two attached hydrogens (primary N) is 1. The Morgan fingerprint density at radius 3 is 1.70 bits per heavy atom. The van der Waals surface area contributed by atoms with Crippen LogP contribution in [0.1, 0.15) is 33.1 Å². The Hall–Kier alpha value is -3.91. The van der Waals surface area contributed by atoms with Crippen LogP contribution in [0.5, 0.6) is 0 Å². The van der Waals surface area contributed by atoms with Crippen molar-refractivity contribution in [1.29, 1.82) is 5.41 Å². The molecule has 0 saturated heterocycles. The van der Waals surface area contributed by atoms with Crippen molar-refractivity contribution in [3.8, 4) is 0 Å². The van der Waals surface area contributed by atoms with E-state index >= 15 is 0 Å². The van der Waals surface area contributed by atoms with Gasteiger partial charge in [-0.25, -0.2) is 0 Å². The molecule has 0 aliphatic rings. The number of benzene rings is 3. The Bertz CT molecular complexity index is 1290. The third-order valence-electron chi connectivity index (χ3n) is 7.82. The van der Waals surface area contributed by atoms with Crippen LogP contribution in [0.15, 0.2) is 91.0 Å². The molecular weight excluding hydrogens is 576 g/mol. The van der Waals surface area contributed by atoms with Crippen LogP contribution in [-0.2, 0) is 14.1 Å². The molecule has 3 aromatic rings. The van der Waals surface area contributed by atoms with Gasteiger partial charge in [-0.2, -0.15) is 0 Å². The summed E-state index contributed by atoms with van der Waals surface area (Å²) in [5.74, 6) is -2.51. The second-order valence-electron chi connectivity index (χ2n) is 11.2. The van der Waals surface area contributed by atoms with Crippen LogP contribution < -0.4 is 27.0 Å². The van der Waals surface area contributed by atoms with E-state index in [1.54, 1.807) is 117 Å². The first kappa shape index (κ1) is 33.6. The number of unbranched alkanes of at least 4 members (excludes halogenated alkanes) is 1. The number of hydrogen-bond donors (Lipinski definition) is 3. The van der Waals surface area contributed by atoms with E-state index in [1.807, 2.05) is 0 Å². The summed E-state index contributed by atoms with van der Waals surface area (Å²) in [5.41, 5.74) is 4.77. The molecule has 3 rings (SSSR count). The number of rotatable bonds is 13. The van der Waals surface area contributed by atoms with Crippen LogP contribution >= 0.6 is 6.83 Å². The van der Waals surface area contributed by atoms with Crippen LogP contribution in [0.25, 0.3) is 0 Å². The summed E-state index contributed by atoms with van der Waals surface area (Å²) < 4.78 is 47.9. The second-order valence-corrected chi connectivity index (χ2v) is 15.8. The molecule has 0 saturated carbocycles. The van der Waals surface area contributed by atoms with Crippen molar-refractivity contribution in [2.75, 3.05) is 26.3 Å². The van der Waals surface area contributed by atoms with E-state index in [0.717, 1.165) is 0 Å². The Labute approximate surface area is 251 Å². The molecule has 3 aromatic carbocycles. The zero-order chi connectivity index (χ0) is 31.8. The van der Waals surface area contributed by atoms with Gasteiger partial charge in [-0.3, -0.25) is 0 Å². The van der Waals surface area contributed by atoms with Crippen LogP contribution in [0, 0.1) is 10.8 Å². The van der Waals surface area contributed by atoms with Gasteiger partial charge in [0.05, 0.1) is 0 Å². The maximum absolute atomic E-state index is 14.0. The summed E-state index contributed by atoms with van der Waals surface area (Å²) in [7, 11) is 1.68. The van der Waals surface area contributed by atoms with E-state index in [4.69, 9.17) is 15.7 Å². The second kappa shape index (κ2) is 13.6. The summed E-state index contributed by atoms with van der Waals surface area (Å²) in [6.07, 6.45) is -3.85. The minimum atomic E-state index is -5.21. The number of hydrogen-bond acceptors (Lipinski definition) is 4. The average Bonchev–Trinajstić information content (AvgIpc) is 2.99. The number of halogens is 3. The zero-order valence-corrected chi connectivity index (χ0v) is 25.6. The molecule has 0 fully saturated rings. The molecule has 0 radical (unpaired) electrons. The van der Waals surface area contributed by atoms with Gasteiger partial charge in [0, 0.05) is 0 Å². The summed E-state index contributed by atoms with van der Waals surface area (Å²) in [5, 5.41) is 12.0. The van der Waals surface area contributed by atoms with E-state index in [1.165, 1.54) is 0 Å². The SMILES string of the molecule is CN(CCC(C)(C)C(=O)NCCCCP(OC(=O)C(F)(F)F)(c1ccccc1)(c1ccccc1)c1ccccc1)C(=N)N. The van der Waals surface area contributed by atoms with Gasteiger partial charge < -0.3 is 0 Å². The van der Waals surface area contributed by atoms with Crippen molar-refractivity contribution in [2.45, 2.75) is 39.3 Å². The predicted molar refractivity (Wildman–Crippen MR) is 167 cm³/mol. The van der Waals surface area contributed by atoms with E-state index < -0.39 is 24.4 Å². The normalized spacial score (nSPS) is 12.9. The van der Waals surface area contributed by atoms with Crippen molar-refractivity contribution >= 4 is 40.6 Å². The molecule has 1 amide bonds. The first-order valence-corrected chi connectivity index (χ1v) is 16.4. The summed E-state index contributed by atoms with van der Waals surface area (Å²) >= 11 is 0. The maximum atomic E-state index is 14.0. The van der Waals surface area contributed by atoms with E-state index in [2.05, 4.69) is 5.32 Å². The number of alkyl halides is 3. The molecule has 232 valence electrons. The Morgan fingerprint density at radius 1 is 0.860 bits per heavy atom. The molecule has 4 N–H and O–H groups in total. The summed E-state index contributed by atoms with van der Waals surface area (Å²) in [6, 6.07) is 26.0. The van der Waals surface area contributed by atoms with E-state index in [-0.39, 0.29) is 24.6 Å². The van der Waals surface area contributed by atoms with Gasteiger partial charge in [-0.15, -0.1) is 0 Å². The van der Waals surface area contributed by atoms with Crippen molar-refractivity contribution in [3.05, 3.63) is 91.0 Å². The predicted octanol–water partition coefficient (Wildman–Crippen LogP) is 4.67. The molecule has 0 spiro atoms. The van der Waals surface area contributed by atoms with Crippen LogP contribution in [0.2, 0.25) is 0 Å². The van der Waals surface area contributed by atoms with Crippen molar-refractivity contribution in [1.82, 2.24) is 10.2 Å². The molecule has 0 atom stereocenters. The third-order valence-corrected chi connectivity index (χ3v) is 13.7. The molecule has 0 aliphatic heterocycles. The van der Waals surface area contributed by atoms with Gasteiger partial charge >= 0.3 is 251 Å². The third kappa shape index (κ3) is 7.36. The Morgan fingerprint density at radius 2 is 1.30 bits per heavy atom. The van der Waals surface area contributed by atoms with Crippen LogP contribution in [0.4, 0.5) is 13.2 Å². The number of nitrogens with zero attached hydrogens (tertiary/aromatic N) is 1. The fraction of sp³-hybridized carbons (Fsp3) is 0.344. The van der Waals surface area contributed by atoms with Gasteiger partial charge in [0.2, 0.25) is 0 Å². The molecule has 0 heterocycles. The molecule has 11 heteroatoms. The minimum absolute atomic E-state index is 0.0843. The average molecular weight is 617 g/mol. The Kier molecular flexibility index (Phi) is 10.6. The number of amides is 1. The molecule has 7 nitrogen and oxygen atoms in total. The summed E-state index contributed by atoms with van der Waals surface area (Å²) in [6.45, 7) is -0.224.